The quantitative estimate of drug-likeness (QED) is 0.0538. The second-order valence-electron chi connectivity index (χ2n) is 22.0. The average molecular weight is 862 g/mol. The summed E-state index contributed by atoms with van der Waals surface area (Å²) < 4.78 is 0. The van der Waals surface area contributed by atoms with E-state index in [1.807, 2.05) is 18.2 Å². The van der Waals surface area contributed by atoms with Gasteiger partial charge in [0.2, 0.25) is 11.8 Å². The van der Waals surface area contributed by atoms with Crippen molar-refractivity contribution in [2.75, 3.05) is 4.90 Å². The number of rotatable bonds is 26. The molecule has 3 rings (SSSR count). The molecule has 1 fully saturated rings. The van der Waals surface area contributed by atoms with Crippen LogP contribution in [-0.4, -0.2) is 17.6 Å². The Hall–Kier alpha value is -3.53. The molecule has 1 heterocycles. The molecule has 63 heavy (non-hydrogen) atoms. The molecule has 0 spiro atoms. The first-order valence-corrected chi connectivity index (χ1v) is 25.0. The number of benzene rings is 2. The van der Waals surface area contributed by atoms with Gasteiger partial charge in [0.1, 0.15) is 0 Å². The molecular formula is C59H91NO3. The minimum Gasteiger partial charge on any atom is -0.289 e. The lowest BCUT2D eigenvalue weighted by atomic mass is 9.47. The van der Waals surface area contributed by atoms with Crippen LogP contribution in [0.25, 0.3) is 0 Å². The van der Waals surface area contributed by atoms with Gasteiger partial charge in [-0.05, 0) is 132 Å². The largest absolute Gasteiger partial charge is 0.289 e. The van der Waals surface area contributed by atoms with E-state index < -0.39 is 0 Å². The summed E-state index contributed by atoms with van der Waals surface area (Å²) in [5.74, 6) is 0.854. The predicted molar refractivity (Wildman–Crippen MR) is 271 cm³/mol. The summed E-state index contributed by atoms with van der Waals surface area (Å²) >= 11 is 0. The fraction of sp³-hybridized carbons (Fsp3) is 0.644. The van der Waals surface area contributed by atoms with Gasteiger partial charge in [-0.2, -0.15) is 0 Å². The van der Waals surface area contributed by atoms with Crippen molar-refractivity contribution in [3.8, 4) is 0 Å². The van der Waals surface area contributed by atoms with Crippen LogP contribution in [0.4, 0.5) is 5.69 Å². The number of nitrogens with zero attached hydrogens (tertiary/aromatic N) is 1. The third kappa shape index (κ3) is 11.3. The molecule has 0 aliphatic carbocycles. The third-order valence-corrected chi connectivity index (χ3v) is 18.8. The summed E-state index contributed by atoms with van der Waals surface area (Å²) in [7, 11) is 0. The van der Waals surface area contributed by atoms with Crippen LogP contribution in [0.15, 0.2) is 91.6 Å². The van der Waals surface area contributed by atoms with Gasteiger partial charge >= 0.3 is 0 Å². The molecule has 4 heteroatoms. The molecule has 1 aliphatic heterocycles. The zero-order chi connectivity index (χ0) is 47.6. The minimum atomic E-state index is -0.384. The van der Waals surface area contributed by atoms with Crippen molar-refractivity contribution >= 4 is 23.3 Å². The van der Waals surface area contributed by atoms with E-state index in [1.165, 1.54) is 4.90 Å². The van der Waals surface area contributed by atoms with Gasteiger partial charge in [0.15, 0.2) is 5.78 Å². The molecule has 4 nitrogen and oxygen atoms in total. The molecule has 9 atom stereocenters. The molecule has 2 aromatic rings. The number of carbonyl (C=O) groups is 3. The van der Waals surface area contributed by atoms with Crippen molar-refractivity contribution in [2.24, 2.45) is 62.1 Å². The Morgan fingerprint density at radius 1 is 0.746 bits per heavy atom. The number of anilines is 1. The Morgan fingerprint density at radius 2 is 1.30 bits per heavy atom. The fourth-order valence-corrected chi connectivity index (χ4v) is 11.5. The Morgan fingerprint density at radius 3 is 1.79 bits per heavy atom. The van der Waals surface area contributed by atoms with E-state index in [0.717, 1.165) is 57.8 Å². The highest BCUT2D eigenvalue weighted by Crippen LogP contribution is 2.62. The summed E-state index contributed by atoms with van der Waals surface area (Å²) in [6.45, 7) is 43.2. The van der Waals surface area contributed by atoms with Crippen LogP contribution in [-0.2, 0) is 9.59 Å². The molecular weight excluding hydrogens is 771 g/mol. The molecule has 1 saturated heterocycles. The van der Waals surface area contributed by atoms with Gasteiger partial charge in [-0.25, -0.2) is 0 Å². The first-order valence-electron chi connectivity index (χ1n) is 25.0. The van der Waals surface area contributed by atoms with Crippen LogP contribution in [0, 0.1) is 62.1 Å². The zero-order valence-electron chi connectivity index (χ0n) is 43.1. The van der Waals surface area contributed by atoms with Crippen molar-refractivity contribution in [1.82, 2.24) is 0 Å². The summed E-state index contributed by atoms with van der Waals surface area (Å²) in [6, 6.07) is 16.2. The van der Waals surface area contributed by atoms with Gasteiger partial charge in [-0.1, -0.05) is 184 Å². The average Bonchev–Trinajstić information content (AvgIpc) is 3.57. The van der Waals surface area contributed by atoms with Gasteiger partial charge in [-0.3, -0.25) is 19.3 Å². The molecule has 0 saturated carbocycles. The molecule has 9 unspecified atom stereocenters. The monoisotopic (exact) mass is 862 g/mol. The van der Waals surface area contributed by atoms with E-state index in [1.54, 1.807) is 36.4 Å². The van der Waals surface area contributed by atoms with Gasteiger partial charge < -0.3 is 0 Å². The van der Waals surface area contributed by atoms with E-state index in [9.17, 15) is 14.4 Å². The van der Waals surface area contributed by atoms with Crippen molar-refractivity contribution < 1.29 is 14.4 Å². The Bertz CT molecular complexity index is 1870. The second-order valence-corrected chi connectivity index (χ2v) is 22.0. The van der Waals surface area contributed by atoms with Crippen molar-refractivity contribution in [1.29, 1.82) is 0 Å². The molecule has 0 radical (unpaired) electrons. The third-order valence-electron chi connectivity index (χ3n) is 18.8. The number of hydrogen-bond acceptors (Lipinski definition) is 3. The Labute approximate surface area is 387 Å². The lowest BCUT2D eigenvalue weighted by Gasteiger charge is -2.58. The molecule has 350 valence electrons. The molecule has 0 bridgehead atoms. The van der Waals surface area contributed by atoms with Gasteiger partial charge in [0.05, 0.1) is 5.69 Å². The molecule has 0 aromatic heterocycles. The zero-order valence-corrected chi connectivity index (χ0v) is 43.1. The summed E-state index contributed by atoms with van der Waals surface area (Å²) in [5, 5.41) is 0. The standard InChI is InChI=1S/C59H91NO3/c1-18-25-39-56(14,21-4)44(10)50(19-2)59(17,24-7)57(15,22-5)42-48(58(16,23-6)54(11,12)38-29-40-55(13,20-3)43(8)9)35-32-47-41-51(61)60(53(47)63)49-36-33-46(34-37-49)52(62)45-30-27-26-28-31-45/h18-19,25-31,33-34,36-38,43-44,47-48,50H,2,20-24,32,35,39-42H2,1,3-17H3/b25-18+,38-29-. The lowest BCUT2D eigenvalue weighted by molar-refractivity contribution is -0.122. The minimum absolute atomic E-state index is 0.0354. The van der Waals surface area contributed by atoms with Crippen molar-refractivity contribution in [3.63, 3.8) is 0 Å². The highest BCUT2D eigenvalue weighted by Gasteiger charge is 2.54. The number of imide groups is 1. The maximum absolute atomic E-state index is 14.4. The van der Waals surface area contributed by atoms with Crippen LogP contribution in [0.3, 0.4) is 0 Å². The van der Waals surface area contributed by atoms with E-state index in [4.69, 9.17) is 0 Å². The highest BCUT2D eigenvalue weighted by molar-refractivity contribution is 6.21. The number of hydrogen-bond donors (Lipinski definition) is 0. The topological polar surface area (TPSA) is 54.5 Å². The van der Waals surface area contributed by atoms with E-state index in [2.05, 4.69) is 148 Å². The first-order chi connectivity index (χ1) is 29.5. The predicted octanol–water partition coefficient (Wildman–Crippen LogP) is 16.7. The van der Waals surface area contributed by atoms with E-state index in [-0.39, 0.29) is 68.3 Å². The van der Waals surface area contributed by atoms with E-state index >= 15 is 0 Å². The van der Waals surface area contributed by atoms with Crippen molar-refractivity contribution in [2.45, 2.75) is 181 Å². The smallest absolute Gasteiger partial charge is 0.237 e. The summed E-state index contributed by atoms with van der Waals surface area (Å²) in [6.07, 6.45) is 22.1. The lowest BCUT2D eigenvalue weighted by Crippen LogP contribution is -2.50. The van der Waals surface area contributed by atoms with Crippen LogP contribution in [0.1, 0.15) is 197 Å². The Balaban J connectivity index is 2.09. The molecule has 1 aliphatic rings. The maximum atomic E-state index is 14.4. The fourth-order valence-electron chi connectivity index (χ4n) is 11.5. The molecule has 2 aromatic carbocycles. The van der Waals surface area contributed by atoms with Crippen LogP contribution in [0.5, 0.6) is 0 Å². The molecule has 0 N–H and O–H groups in total. The van der Waals surface area contributed by atoms with Crippen LogP contribution in [0.2, 0.25) is 0 Å². The summed E-state index contributed by atoms with van der Waals surface area (Å²) in [5.41, 5.74) is 1.76. The van der Waals surface area contributed by atoms with Crippen LogP contribution < -0.4 is 4.90 Å². The van der Waals surface area contributed by atoms with Crippen LogP contribution >= 0.6 is 0 Å². The normalized spacial score (nSPS) is 21.4. The Kier molecular flexibility index (Phi) is 18.9. The van der Waals surface area contributed by atoms with Crippen molar-refractivity contribution in [3.05, 3.63) is 103 Å². The maximum Gasteiger partial charge on any atom is 0.237 e. The van der Waals surface area contributed by atoms with Gasteiger partial charge in [-0.15, -0.1) is 6.58 Å². The SMILES string of the molecule is C=CC(C(C)C(C)(CC)C/C=C/C)C(C)(CC)C(C)(CC)CC(CCC1CC(=O)N(c2ccc(C(=O)c3ccccc3)cc2)C1=O)C(C)(CC)C(C)(C)/C=C\CC(C)(CC)C(C)C. The van der Waals surface area contributed by atoms with Gasteiger partial charge in [0, 0.05) is 23.5 Å². The highest BCUT2D eigenvalue weighted by atomic mass is 16.2. The second kappa shape index (κ2) is 22.1. The number of ketones is 1. The number of allylic oxidation sites excluding steroid dienone is 5. The summed E-state index contributed by atoms with van der Waals surface area (Å²) in [4.78, 5) is 42.7. The number of amides is 2. The number of carbonyl (C=O) groups excluding carboxylic acids is 3. The first kappa shape index (κ1) is 53.8. The molecule has 2 amide bonds. The van der Waals surface area contributed by atoms with Gasteiger partial charge in [0.25, 0.3) is 0 Å². The van der Waals surface area contributed by atoms with E-state index in [0.29, 0.717) is 41.0 Å².